The maximum Gasteiger partial charge on any atom is 0.110 e. The van der Waals surface area contributed by atoms with Gasteiger partial charge in [-0.2, -0.15) is 23.5 Å². The van der Waals surface area contributed by atoms with Crippen LogP contribution in [0.5, 0.6) is 0 Å². The van der Waals surface area contributed by atoms with Gasteiger partial charge in [-0.15, -0.1) is 0 Å². The largest absolute Gasteiger partial charge is 0.335 e. The highest BCUT2D eigenvalue weighted by Gasteiger charge is 2.32. The molecule has 3 unspecified atom stereocenters. The standard InChI is InChI=1S/C15H27N3S2/c1-4-13-15(20-10-9-19-13)12(16-5-2)11-14-17-7-8-18(14)6-3/h7-8,12-13,15-16H,4-6,9-11H2,1-3H3. The zero-order chi connectivity index (χ0) is 14.4. The predicted molar refractivity (Wildman–Crippen MR) is 91.9 cm³/mol. The average molecular weight is 314 g/mol. The molecule has 0 spiro atoms. The zero-order valence-electron chi connectivity index (χ0n) is 12.8. The molecular weight excluding hydrogens is 286 g/mol. The molecule has 3 atom stereocenters. The van der Waals surface area contributed by atoms with Crippen molar-refractivity contribution in [3.63, 3.8) is 0 Å². The van der Waals surface area contributed by atoms with Gasteiger partial charge in [0.25, 0.3) is 0 Å². The molecule has 20 heavy (non-hydrogen) atoms. The molecule has 2 heterocycles. The Labute approximate surface area is 131 Å². The van der Waals surface area contributed by atoms with Gasteiger partial charge >= 0.3 is 0 Å². The van der Waals surface area contributed by atoms with E-state index in [1.165, 1.54) is 23.8 Å². The van der Waals surface area contributed by atoms with Gasteiger partial charge in [-0.25, -0.2) is 4.98 Å². The minimum absolute atomic E-state index is 0.537. The number of imidazole rings is 1. The van der Waals surface area contributed by atoms with E-state index >= 15 is 0 Å². The second-order valence-corrected chi connectivity index (χ2v) is 7.78. The molecule has 1 saturated heterocycles. The molecule has 3 nitrogen and oxygen atoms in total. The molecule has 0 radical (unpaired) electrons. The molecule has 5 heteroatoms. The summed E-state index contributed by atoms with van der Waals surface area (Å²) in [6.45, 7) is 8.77. The van der Waals surface area contributed by atoms with E-state index < -0.39 is 0 Å². The highest BCUT2D eigenvalue weighted by molar-refractivity contribution is 8.07. The van der Waals surface area contributed by atoms with Gasteiger partial charge in [0.15, 0.2) is 0 Å². The number of nitrogens with zero attached hydrogens (tertiary/aromatic N) is 2. The lowest BCUT2D eigenvalue weighted by Gasteiger charge is -2.36. The third kappa shape index (κ3) is 3.95. The fourth-order valence-corrected chi connectivity index (χ4v) is 6.16. The lowest BCUT2D eigenvalue weighted by molar-refractivity contribution is 0.473. The molecular formula is C15H27N3S2. The maximum atomic E-state index is 4.56. The van der Waals surface area contributed by atoms with E-state index in [0.29, 0.717) is 11.3 Å². The van der Waals surface area contributed by atoms with Crippen molar-refractivity contribution in [3.05, 3.63) is 18.2 Å². The molecule has 0 bridgehead atoms. The van der Waals surface area contributed by atoms with E-state index in [1.54, 1.807) is 0 Å². The number of rotatable bonds is 7. The maximum absolute atomic E-state index is 4.56. The Morgan fingerprint density at radius 3 is 2.85 bits per heavy atom. The number of nitrogens with one attached hydrogen (secondary N) is 1. The molecule has 1 fully saturated rings. The van der Waals surface area contributed by atoms with Crippen LogP contribution in [-0.4, -0.2) is 44.1 Å². The van der Waals surface area contributed by atoms with Gasteiger partial charge in [0.1, 0.15) is 5.82 Å². The predicted octanol–water partition coefficient (Wildman–Crippen LogP) is 3.05. The van der Waals surface area contributed by atoms with E-state index in [1.807, 2.05) is 6.20 Å². The lowest BCUT2D eigenvalue weighted by atomic mass is 10.0. The smallest absolute Gasteiger partial charge is 0.110 e. The minimum Gasteiger partial charge on any atom is -0.335 e. The number of thioether (sulfide) groups is 2. The summed E-state index contributed by atoms with van der Waals surface area (Å²) >= 11 is 4.32. The van der Waals surface area contributed by atoms with Gasteiger partial charge in [-0.1, -0.05) is 13.8 Å². The van der Waals surface area contributed by atoms with Crippen LogP contribution < -0.4 is 5.32 Å². The molecule has 1 N–H and O–H groups in total. The summed E-state index contributed by atoms with van der Waals surface area (Å²) in [4.78, 5) is 4.56. The summed E-state index contributed by atoms with van der Waals surface area (Å²) in [5, 5.41) is 5.21. The minimum atomic E-state index is 0.537. The van der Waals surface area contributed by atoms with Crippen molar-refractivity contribution >= 4 is 23.5 Å². The molecule has 114 valence electrons. The first-order chi connectivity index (χ1) is 9.80. The van der Waals surface area contributed by atoms with Crippen LogP contribution in [0.4, 0.5) is 0 Å². The van der Waals surface area contributed by atoms with Gasteiger partial charge in [0.2, 0.25) is 0 Å². The van der Waals surface area contributed by atoms with E-state index in [2.05, 4.69) is 65.4 Å². The van der Waals surface area contributed by atoms with Gasteiger partial charge < -0.3 is 9.88 Å². The molecule has 0 saturated carbocycles. The first-order valence-electron chi connectivity index (χ1n) is 7.76. The van der Waals surface area contributed by atoms with Crippen LogP contribution in [0.3, 0.4) is 0 Å². The van der Waals surface area contributed by atoms with Gasteiger partial charge in [0.05, 0.1) is 0 Å². The number of aryl methyl sites for hydroxylation is 1. The van der Waals surface area contributed by atoms with Crippen LogP contribution in [0, 0.1) is 0 Å². The van der Waals surface area contributed by atoms with Crippen LogP contribution >= 0.6 is 23.5 Å². The molecule has 0 amide bonds. The van der Waals surface area contributed by atoms with Crippen LogP contribution in [-0.2, 0) is 13.0 Å². The second-order valence-electron chi connectivity index (χ2n) is 5.15. The number of aromatic nitrogens is 2. The zero-order valence-corrected chi connectivity index (χ0v) is 14.5. The van der Waals surface area contributed by atoms with Gasteiger partial charge in [-0.3, -0.25) is 0 Å². The van der Waals surface area contributed by atoms with E-state index in [4.69, 9.17) is 0 Å². The van der Waals surface area contributed by atoms with Gasteiger partial charge in [-0.05, 0) is 19.9 Å². The van der Waals surface area contributed by atoms with Crippen LogP contribution in [0.1, 0.15) is 33.0 Å². The Morgan fingerprint density at radius 2 is 2.15 bits per heavy atom. The van der Waals surface area contributed by atoms with Crippen molar-refractivity contribution in [2.24, 2.45) is 0 Å². The molecule has 1 aromatic heterocycles. The summed E-state index contributed by atoms with van der Waals surface area (Å²) in [6.07, 6.45) is 6.34. The lowest BCUT2D eigenvalue weighted by Crippen LogP contribution is -2.46. The van der Waals surface area contributed by atoms with Crippen molar-refractivity contribution in [1.82, 2.24) is 14.9 Å². The first-order valence-corrected chi connectivity index (χ1v) is 9.86. The van der Waals surface area contributed by atoms with E-state index in [0.717, 1.165) is 24.8 Å². The summed E-state index contributed by atoms with van der Waals surface area (Å²) in [7, 11) is 0. The summed E-state index contributed by atoms with van der Waals surface area (Å²) in [5.41, 5.74) is 0. The third-order valence-electron chi connectivity index (χ3n) is 3.90. The van der Waals surface area contributed by atoms with E-state index in [9.17, 15) is 0 Å². The van der Waals surface area contributed by atoms with Crippen molar-refractivity contribution in [2.75, 3.05) is 18.1 Å². The Balaban J connectivity index is 2.09. The Kier molecular flexibility index (Phi) is 6.78. The molecule has 0 aromatic carbocycles. The van der Waals surface area contributed by atoms with Crippen molar-refractivity contribution < 1.29 is 0 Å². The number of likely N-dealkylation sites (N-methyl/N-ethyl adjacent to an activating group) is 1. The second kappa shape index (κ2) is 8.35. The summed E-state index contributed by atoms with van der Waals surface area (Å²) in [6, 6.07) is 0.537. The van der Waals surface area contributed by atoms with E-state index in [-0.39, 0.29) is 0 Å². The van der Waals surface area contributed by atoms with Crippen molar-refractivity contribution in [1.29, 1.82) is 0 Å². The van der Waals surface area contributed by atoms with Gasteiger partial charge in [0, 0.05) is 53.4 Å². The number of hydrogen-bond donors (Lipinski definition) is 1. The Bertz CT molecular complexity index is 394. The SMILES string of the molecule is CCNC(Cc1nccn1CC)C1SCCSC1CC. The monoisotopic (exact) mass is 313 g/mol. The highest BCUT2D eigenvalue weighted by atomic mass is 32.2. The summed E-state index contributed by atoms with van der Waals surface area (Å²) in [5.74, 6) is 3.82. The molecule has 1 aliphatic rings. The third-order valence-corrected chi connectivity index (χ3v) is 7.31. The Morgan fingerprint density at radius 1 is 1.35 bits per heavy atom. The molecule has 0 aliphatic carbocycles. The number of hydrogen-bond acceptors (Lipinski definition) is 4. The molecule has 2 rings (SSSR count). The average Bonchev–Trinajstić information content (AvgIpc) is 2.94. The fraction of sp³-hybridized carbons (Fsp3) is 0.800. The van der Waals surface area contributed by atoms with Crippen molar-refractivity contribution in [2.45, 2.75) is 56.7 Å². The Hall–Kier alpha value is -0.130. The molecule has 1 aliphatic heterocycles. The topological polar surface area (TPSA) is 29.9 Å². The quantitative estimate of drug-likeness (QED) is 0.838. The highest BCUT2D eigenvalue weighted by Crippen LogP contribution is 2.35. The fourth-order valence-electron chi connectivity index (χ4n) is 2.89. The molecule has 1 aromatic rings. The van der Waals surface area contributed by atoms with Crippen molar-refractivity contribution in [3.8, 4) is 0 Å². The van der Waals surface area contributed by atoms with Crippen LogP contribution in [0.15, 0.2) is 12.4 Å². The van der Waals surface area contributed by atoms with Crippen LogP contribution in [0.25, 0.3) is 0 Å². The summed E-state index contributed by atoms with van der Waals surface area (Å²) < 4.78 is 2.27. The normalized spacial score (nSPS) is 24.8. The van der Waals surface area contributed by atoms with Crippen LogP contribution in [0.2, 0.25) is 0 Å². The first kappa shape index (κ1) is 16.2.